The fraction of sp³-hybridized carbons (Fsp3) is 0.778. The molecule has 2 rings (SSSR count). The van der Waals surface area contributed by atoms with Gasteiger partial charge in [0.2, 0.25) is 0 Å². The zero-order valence-corrected chi connectivity index (χ0v) is 31.0. The molecule has 2 heterocycles. The van der Waals surface area contributed by atoms with Crippen LogP contribution in [0.5, 0.6) is 0 Å². The number of esters is 2. The summed E-state index contributed by atoms with van der Waals surface area (Å²) in [5, 5.41) is 22.4. The van der Waals surface area contributed by atoms with Gasteiger partial charge < -0.3 is 28.8 Å². The highest BCUT2D eigenvalue weighted by Crippen LogP contribution is 2.42. The summed E-state index contributed by atoms with van der Waals surface area (Å²) in [4.78, 5) is 24.4. The summed E-state index contributed by atoms with van der Waals surface area (Å²) in [5.41, 5.74) is -1.53. The van der Waals surface area contributed by atoms with Crippen LogP contribution in [0.4, 0.5) is 0 Å². The number of carbonyl (C=O) groups excluding carboxylic acids is 2. The Kier molecular flexibility index (Phi) is 13.9. The zero-order valence-electron chi connectivity index (χ0n) is 30.0. The molecule has 2 aliphatic heterocycles. The van der Waals surface area contributed by atoms with Crippen molar-refractivity contribution < 1.29 is 38.4 Å². The maximum atomic E-state index is 12.7. The van der Waals surface area contributed by atoms with Gasteiger partial charge >= 0.3 is 11.9 Å². The Balaban J connectivity index is 2.12. The normalized spacial score (nSPS) is 31.7. The molecule has 9 heteroatoms. The summed E-state index contributed by atoms with van der Waals surface area (Å²) in [5.74, 6) is -0.794. The molecule has 0 aliphatic carbocycles. The van der Waals surface area contributed by atoms with Gasteiger partial charge in [0.1, 0.15) is 17.8 Å². The lowest BCUT2D eigenvalue weighted by Gasteiger charge is -2.40. The van der Waals surface area contributed by atoms with Gasteiger partial charge in [-0.1, -0.05) is 65.8 Å². The van der Waals surface area contributed by atoms with E-state index in [1.165, 1.54) is 6.92 Å². The Hall–Kier alpha value is -1.78. The third kappa shape index (κ3) is 12.1. The lowest BCUT2D eigenvalue weighted by molar-refractivity contribution is -0.156. The molecular formula is C36H62O8Si. The molecule has 8 nitrogen and oxygen atoms in total. The van der Waals surface area contributed by atoms with Gasteiger partial charge in [-0.3, -0.25) is 9.59 Å². The second-order valence-corrected chi connectivity index (χ2v) is 20.2. The number of allylic oxidation sites excluding steroid dienone is 2. The summed E-state index contributed by atoms with van der Waals surface area (Å²) in [6.07, 6.45) is 10.9. The monoisotopic (exact) mass is 650 g/mol. The van der Waals surface area contributed by atoms with Gasteiger partial charge in [0.25, 0.3) is 0 Å². The van der Waals surface area contributed by atoms with Gasteiger partial charge in [-0.25, -0.2) is 0 Å². The maximum Gasteiger partial charge on any atom is 0.306 e. The van der Waals surface area contributed by atoms with Crippen LogP contribution in [0.15, 0.2) is 36.0 Å². The molecule has 0 aromatic rings. The highest BCUT2D eigenvalue weighted by molar-refractivity contribution is 6.74. The average molecular weight is 651 g/mol. The molecule has 0 aromatic heterocycles. The van der Waals surface area contributed by atoms with E-state index in [1.54, 1.807) is 32.1 Å². The molecule has 0 aromatic carbocycles. The fourth-order valence-corrected chi connectivity index (χ4v) is 7.22. The Morgan fingerprint density at radius 2 is 1.84 bits per heavy atom. The van der Waals surface area contributed by atoms with E-state index in [0.717, 1.165) is 12.0 Å². The maximum absolute atomic E-state index is 12.7. The average Bonchev–Trinajstić information content (AvgIpc) is 3.66. The molecule has 258 valence electrons. The number of carbonyl (C=O) groups is 2. The van der Waals surface area contributed by atoms with Crippen LogP contribution >= 0.6 is 0 Å². The molecule has 0 amide bonds. The summed E-state index contributed by atoms with van der Waals surface area (Å²) in [6.45, 7) is 24.2. The minimum absolute atomic E-state index is 0.0402. The van der Waals surface area contributed by atoms with Crippen LogP contribution in [0, 0.1) is 11.8 Å². The Labute approximate surface area is 273 Å². The topological polar surface area (TPSA) is 115 Å². The van der Waals surface area contributed by atoms with Gasteiger partial charge in [-0.15, -0.1) is 0 Å². The van der Waals surface area contributed by atoms with E-state index in [4.69, 9.17) is 18.6 Å². The van der Waals surface area contributed by atoms with Crippen molar-refractivity contribution in [2.45, 2.75) is 168 Å². The first kappa shape index (κ1) is 39.4. The number of epoxide rings is 1. The van der Waals surface area contributed by atoms with Crippen molar-refractivity contribution in [3.05, 3.63) is 36.0 Å². The van der Waals surface area contributed by atoms with E-state index >= 15 is 0 Å². The number of ether oxygens (including phenoxy) is 3. The van der Waals surface area contributed by atoms with E-state index < -0.39 is 37.7 Å². The summed E-state index contributed by atoms with van der Waals surface area (Å²) >= 11 is 0. The lowest BCUT2D eigenvalue weighted by atomic mass is 9.89. The highest BCUT2D eigenvalue weighted by Gasteiger charge is 2.49. The molecule has 45 heavy (non-hydrogen) atoms. The Bertz CT molecular complexity index is 1080. The van der Waals surface area contributed by atoms with Gasteiger partial charge in [0, 0.05) is 37.7 Å². The molecule has 4 unspecified atom stereocenters. The van der Waals surface area contributed by atoms with Crippen molar-refractivity contribution in [2.24, 2.45) is 11.8 Å². The Morgan fingerprint density at radius 3 is 2.42 bits per heavy atom. The number of cyclic esters (lactones) is 1. The molecular weight excluding hydrogens is 588 g/mol. The van der Waals surface area contributed by atoms with E-state index in [0.29, 0.717) is 25.7 Å². The van der Waals surface area contributed by atoms with Crippen molar-refractivity contribution in [3.8, 4) is 0 Å². The van der Waals surface area contributed by atoms with Gasteiger partial charge in [-0.05, 0) is 76.2 Å². The highest BCUT2D eigenvalue weighted by atomic mass is 28.4. The van der Waals surface area contributed by atoms with Crippen molar-refractivity contribution in [1.29, 1.82) is 0 Å². The van der Waals surface area contributed by atoms with Crippen LogP contribution in [0.3, 0.4) is 0 Å². The molecule has 9 atom stereocenters. The standard InChI is InChI=1S/C36H62O8Si/c1-13-28(44-45(11,12)34(6,7)8)26(4)33-29(42-33)23-35(9,39)21-16-17-24(2)32-25(3)19-20-30(41-27(5)37)36(10,40)22-15-14-18-31(38)43-32/h16-17,19-21,25-26,28-30,32-33,39-40H,13-15,18,22-23H2,1-12H3/b20-19?,21-16+,24-17+/t25?,26-,28+,29-,30?,32?,33-,35+,36?/m1/s1. The van der Waals surface area contributed by atoms with E-state index in [9.17, 15) is 19.8 Å². The first-order valence-electron chi connectivity index (χ1n) is 16.8. The molecule has 0 spiro atoms. The quantitative estimate of drug-likeness (QED) is 0.0794. The van der Waals surface area contributed by atoms with Crippen LogP contribution in [-0.4, -0.2) is 72.2 Å². The van der Waals surface area contributed by atoms with Gasteiger partial charge in [-0.2, -0.15) is 0 Å². The summed E-state index contributed by atoms with van der Waals surface area (Å²) in [6, 6.07) is 0. The summed E-state index contributed by atoms with van der Waals surface area (Å²) < 4.78 is 24.1. The van der Waals surface area contributed by atoms with E-state index in [2.05, 4.69) is 47.7 Å². The van der Waals surface area contributed by atoms with E-state index in [-0.39, 0.29) is 47.6 Å². The second kappa shape index (κ2) is 15.9. The molecule has 0 saturated carbocycles. The SMILES string of the molecule is CC[C@H](O[Si](C)(C)C(C)(C)C)[C@@H](C)[C@H]1O[C@@H]1C[C@@](C)(O)/C=C/C=C(\C)C1OC(=O)CCCCC(C)(O)C(OC(C)=O)C=CC1C. The minimum Gasteiger partial charge on any atom is -0.457 e. The van der Waals surface area contributed by atoms with Crippen molar-refractivity contribution >= 4 is 20.3 Å². The third-order valence-corrected chi connectivity index (χ3v) is 14.3. The number of rotatable bonds is 11. The molecule has 0 bridgehead atoms. The largest absolute Gasteiger partial charge is 0.457 e. The number of hydrogen-bond donors (Lipinski definition) is 2. The summed E-state index contributed by atoms with van der Waals surface area (Å²) in [7, 11) is -1.91. The van der Waals surface area contributed by atoms with Crippen LogP contribution in [0.2, 0.25) is 18.1 Å². The molecule has 2 aliphatic rings. The van der Waals surface area contributed by atoms with Gasteiger partial charge in [0.05, 0.1) is 17.8 Å². The predicted molar refractivity (Wildman–Crippen MR) is 181 cm³/mol. The molecule has 0 radical (unpaired) electrons. The van der Waals surface area contributed by atoms with Crippen molar-refractivity contribution in [3.63, 3.8) is 0 Å². The lowest BCUT2D eigenvalue weighted by Crippen LogP contribution is -2.46. The first-order chi connectivity index (χ1) is 20.6. The van der Waals surface area contributed by atoms with Crippen LogP contribution in [-0.2, 0) is 28.2 Å². The van der Waals surface area contributed by atoms with Crippen molar-refractivity contribution in [1.82, 2.24) is 0 Å². The van der Waals surface area contributed by atoms with E-state index in [1.807, 2.05) is 26.0 Å². The van der Waals surface area contributed by atoms with Crippen molar-refractivity contribution in [2.75, 3.05) is 0 Å². The molecule has 1 saturated heterocycles. The van der Waals surface area contributed by atoms with Crippen LogP contribution in [0.25, 0.3) is 0 Å². The van der Waals surface area contributed by atoms with Gasteiger partial charge in [0.15, 0.2) is 8.32 Å². The predicted octanol–water partition coefficient (Wildman–Crippen LogP) is 7.19. The first-order valence-corrected chi connectivity index (χ1v) is 19.7. The zero-order chi connectivity index (χ0) is 34.4. The van der Waals surface area contributed by atoms with Crippen LogP contribution < -0.4 is 0 Å². The Morgan fingerprint density at radius 1 is 1.20 bits per heavy atom. The number of aliphatic hydroxyl groups is 2. The number of hydrogen-bond acceptors (Lipinski definition) is 8. The smallest absolute Gasteiger partial charge is 0.306 e. The fourth-order valence-electron chi connectivity index (χ4n) is 5.73. The molecule has 1 fully saturated rings. The minimum atomic E-state index is -1.91. The van der Waals surface area contributed by atoms with Crippen LogP contribution in [0.1, 0.15) is 108 Å². The molecule has 2 N–H and O–H groups in total. The second-order valence-electron chi connectivity index (χ2n) is 15.4. The third-order valence-electron chi connectivity index (χ3n) is 9.80.